The molecule has 2 saturated heterocycles. The third kappa shape index (κ3) is 2.12. The number of nitrogens with two attached hydrogens (primary N) is 1. The van der Waals surface area contributed by atoms with E-state index in [1.54, 1.807) is 6.92 Å². The zero-order valence-electron chi connectivity index (χ0n) is 10.2. The van der Waals surface area contributed by atoms with Crippen molar-refractivity contribution < 1.29 is 24.4 Å². The molecular weight excluding hydrogens is 274 g/mol. The summed E-state index contributed by atoms with van der Waals surface area (Å²) >= 11 is 1.11. The Labute approximate surface area is 113 Å². The Balaban J connectivity index is 1.72. The fourth-order valence-electron chi connectivity index (χ4n) is 2.23. The minimum absolute atomic E-state index is 0.0169. The molecule has 8 nitrogen and oxygen atoms in total. The second-order valence-electron chi connectivity index (χ2n) is 4.77. The lowest BCUT2D eigenvalue weighted by Gasteiger charge is -2.40. The zero-order chi connectivity index (χ0) is 13.6. The van der Waals surface area contributed by atoms with Crippen LogP contribution in [0.3, 0.4) is 0 Å². The number of hydrogen-bond donors (Lipinski definition) is 3. The van der Waals surface area contributed by atoms with E-state index < -0.39 is 30.1 Å². The molecule has 0 amide bonds. The molecule has 2 bridgehead atoms. The fraction of sp³-hybridized carbons (Fsp3) is 0.800. The summed E-state index contributed by atoms with van der Waals surface area (Å²) < 4.78 is 20.4. The predicted molar refractivity (Wildman–Crippen MR) is 63.7 cm³/mol. The molecule has 0 aromatic carbocycles. The Morgan fingerprint density at radius 1 is 1.58 bits per heavy atom. The van der Waals surface area contributed by atoms with Gasteiger partial charge in [-0.1, -0.05) is 0 Å². The highest BCUT2D eigenvalue weighted by atomic mass is 32.1. The maximum Gasteiger partial charge on any atom is 0.293 e. The van der Waals surface area contributed by atoms with Crippen LogP contribution in [0.2, 0.25) is 0 Å². The number of aryl methyl sites for hydroxylation is 1. The van der Waals surface area contributed by atoms with E-state index in [0.29, 0.717) is 11.0 Å². The number of rotatable bonds is 3. The van der Waals surface area contributed by atoms with Gasteiger partial charge in [-0.25, -0.2) is 0 Å². The van der Waals surface area contributed by atoms with Crippen LogP contribution in [0.15, 0.2) is 0 Å². The largest absolute Gasteiger partial charge is 0.466 e. The summed E-state index contributed by atoms with van der Waals surface area (Å²) in [6.07, 6.45) is -3.01. The molecule has 0 radical (unpaired) electrons. The first-order valence-corrected chi connectivity index (χ1v) is 6.63. The van der Waals surface area contributed by atoms with Crippen LogP contribution in [-0.2, 0) is 9.47 Å². The van der Waals surface area contributed by atoms with Crippen molar-refractivity contribution in [1.82, 2.24) is 9.36 Å². The molecule has 4 N–H and O–H groups in total. The van der Waals surface area contributed by atoms with Crippen LogP contribution in [0.4, 0.5) is 0 Å². The van der Waals surface area contributed by atoms with Crippen molar-refractivity contribution >= 4 is 11.5 Å². The van der Waals surface area contributed by atoms with Crippen molar-refractivity contribution in [2.24, 2.45) is 5.73 Å². The summed E-state index contributed by atoms with van der Waals surface area (Å²) in [5.74, 6) is 0.616. The monoisotopic (exact) mass is 289 g/mol. The van der Waals surface area contributed by atoms with Crippen molar-refractivity contribution in [3.63, 3.8) is 0 Å². The molecule has 2 aliphatic rings. The van der Waals surface area contributed by atoms with E-state index in [-0.39, 0.29) is 13.2 Å². The lowest BCUT2D eigenvalue weighted by Crippen LogP contribution is -2.65. The summed E-state index contributed by atoms with van der Waals surface area (Å²) in [7, 11) is 0. The molecule has 3 heterocycles. The first kappa shape index (κ1) is 13.2. The molecular formula is C10H15N3O5S. The van der Waals surface area contributed by atoms with Crippen molar-refractivity contribution in [1.29, 1.82) is 0 Å². The third-order valence-corrected chi connectivity index (χ3v) is 4.08. The van der Waals surface area contributed by atoms with Gasteiger partial charge in [0.1, 0.15) is 24.6 Å². The lowest BCUT2D eigenvalue weighted by atomic mass is 9.89. The highest BCUT2D eigenvalue weighted by Gasteiger charge is 2.58. The highest BCUT2D eigenvalue weighted by molar-refractivity contribution is 7.07. The molecule has 106 valence electrons. The average Bonchev–Trinajstić information content (AvgIpc) is 2.98. The fourth-order valence-corrected chi connectivity index (χ4v) is 2.77. The van der Waals surface area contributed by atoms with Gasteiger partial charge in [-0.15, -0.1) is 0 Å². The zero-order valence-corrected chi connectivity index (χ0v) is 11.0. The van der Waals surface area contributed by atoms with Gasteiger partial charge >= 0.3 is 0 Å². The maximum absolute atomic E-state index is 10.1. The van der Waals surface area contributed by atoms with Crippen LogP contribution in [-0.4, -0.2) is 62.9 Å². The topological polar surface area (TPSA) is 120 Å². The number of ether oxygens (including phenoxy) is 3. The minimum atomic E-state index is -1.17. The van der Waals surface area contributed by atoms with Crippen molar-refractivity contribution in [2.45, 2.75) is 37.1 Å². The van der Waals surface area contributed by atoms with E-state index in [2.05, 4.69) is 9.36 Å². The van der Waals surface area contributed by atoms with Gasteiger partial charge < -0.3 is 30.2 Å². The highest BCUT2D eigenvalue weighted by Crippen LogP contribution is 2.36. The van der Waals surface area contributed by atoms with E-state index in [0.717, 1.165) is 11.5 Å². The standard InChI is InChI=1S/C10H15N3O5S/c1-4-12-9(19-13-4)17-3-10-2-16-8(18-10)5(11)6(14)7(10)15/h5-8,14-15H,2-3,11H2,1H3/t5-,6-,7-,8+,10-/m1/s1. The van der Waals surface area contributed by atoms with E-state index >= 15 is 0 Å². The van der Waals surface area contributed by atoms with E-state index in [1.807, 2.05) is 0 Å². The minimum Gasteiger partial charge on any atom is -0.466 e. The number of aliphatic hydroxyl groups excluding tert-OH is 2. The normalized spacial score (nSPS) is 41.5. The Morgan fingerprint density at radius 3 is 3.05 bits per heavy atom. The van der Waals surface area contributed by atoms with Gasteiger partial charge in [0.25, 0.3) is 5.19 Å². The molecule has 0 aliphatic carbocycles. The quantitative estimate of drug-likeness (QED) is 0.608. The van der Waals surface area contributed by atoms with Crippen molar-refractivity contribution in [2.75, 3.05) is 13.2 Å². The first-order valence-electron chi connectivity index (χ1n) is 5.86. The van der Waals surface area contributed by atoms with Crippen LogP contribution in [0.1, 0.15) is 5.82 Å². The second kappa shape index (κ2) is 4.62. The summed E-state index contributed by atoms with van der Waals surface area (Å²) in [5.41, 5.74) is 4.59. The SMILES string of the molecule is Cc1nsc(OC[C@@]23CO[C@@H](O2)[C@H](N)[C@@H](O)[C@H]3O)n1. The smallest absolute Gasteiger partial charge is 0.293 e. The lowest BCUT2D eigenvalue weighted by molar-refractivity contribution is -0.226. The summed E-state index contributed by atoms with van der Waals surface area (Å²) in [4.78, 5) is 4.05. The van der Waals surface area contributed by atoms with Gasteiger partial charge in [-0.3, -0.25) is 0 Å². The van der Waals surface area contributed by atoms with Gasteiger partial charge in [0, 0.05) is 11.5 Å². The summed E-state index contributed by atoms with van der Waals surface area (Å²) in [6, 6.07) is -0.769. The third-order valence-electron chi connectivity index (χ3n) is 3.36. The van der Waals surface area contributed by atoms with Crippen molar-refractivity contribution in [3.05, 3.63) is 5.82 Å². The molecule has 1 aromatic rings. The van der Waals surface area contributed by atoms with Crippen LogP contribution >= 0.6 is 11.5 Å². The average molecular weight is 289 g/mol. The summed E-state index contributed by atoms with van der Waals surface area (Å²) in [6.45, 7) is 1.88. The number of nitrogens with zero attached hydrogens (tertiary/aromatic N) is 2. The van der Waals surface area contributed by atoms with Gasteiger partial charge in [-0.2, -0.15) is 9.36 Å². The van der Waals surface area contributed by atoms with Crippen LogP contribution < -0.4 is 10.5 Å². The first-order chi connectivity index (χ1) is 9.02. The molecule has 9 heteroatoms. The second-order valence-corrected chi connectivity index (χ2v) is 5.49. The number of aliphatic hydroxyl groups is 2. The molecule has 2 aliphatic heterocycles. The van der Waals surface area contributed by atoms with Crippen LogP contribution in [0, 0.1) is 6.92 Å². The molecule has 19 heavy (non-hydrogen) atoms. The summed E-state index contributed by atoms with van der Waals surface area (Å²) in [5, 5.41) is 20.4. The number of hydrogen-bond acceptors (Lipinski definition) is 9. The Kier molecular flexibility index (Phi) is 3.20. The van der Waals surface area contributed by atoms with E-state index in [9.17, 15) is 10.2 Å². The maximum atomic E-state index is 10.1. The molecule has 0 unspecified atom stereocenters. The predicted octanol–water partition coefficient (Wildman–Crippen LogP) is -1.60. The Morgan fingerprint density at radius 2 is 2.37 bits per heavy atom. The molecule has 0 spiro atoms. The Bertz CT molecular complexity index is 472. The van der Waals surface area contributed by atoms with Crippen LogP contribution in [0.5, 0.6) is 5.19 Å². The molecule has 3 rings (SSSR count). The van der Waals surface area contributed by atoms with E-state index in [4.69, 9.17) is 19.9 Å². The van der Waals surface area contributed by atoms with Crippen molar-refractivity contribution in [3.8, 4) is 5.19 Å². The van der Waals surface area contributed by atoms with Gasteiger partial charge in [-0.05, 0) is 6.92 Å². The molecule has 2 fully saturated rings. The van der Waals surface area contributed by atoms with Crippen LogP contribution in [0.25, 0.3) is 0 Å². The number of aromatic nitrogens is 2. The Hall–Kier alpha value is -0.840. The molecule has 1 aromatic heterocycles. The van der Waals surface area contributed by atoms with Gasteiger partial charge in [0.2, 0.25) is 0 Å². The molecule has 0 saturated carbocycles. The van der Waals surface area contributed by atoms with Gasteiger partial charge in [0.05, 0.1) is 12.6 Å². The van der Waals surface area contributed by atoms with E-state index in [1.165, 1.54) is 0 Å². The molecule has 5 atom stereocenters. The van der Waals surface area contributed by atoms with Gasteiger partial charge in [0.15, 0.2) is 11.9 Å². The number of fused-ring (bicyclic) bond motifs is 2.